The molecule has 1 aromatic heterocycles. The van der Waals surface area contributed by atoms with Gasteiger partial charge in [-0.05, 0) is 43.2 Å². The number of hydrogen-bond acceptors (Lipinski definition) is 6. The van der Waals surface area contributed by atoms with Crippen LogP contribution in [0.1, 0.15) is 22.4 Å². The Balaban J connectivity index is 2.11. The number of phenolic OH excluding ortho intramolecular Hbond substituents is 1. The second-order valence-electron chi connectivity index (χ2n) is 5.51. The first kappa shape index (κ1) is 18.8. The van der Waals surface area contributed by atoms with Gasteiger partial charge in [-0.15, -0.1) is 0 Å². The van der Waals surface area contributed by atoms with Gasteiger partial charge in [-0.1, -0.05) is 17.8 Å². The molecule has 2 N–H and O–H groups in total. The van der Waals surface area contributed by atoms with Crippen LogP contribution >= 0.6 is 11.8 Å². The number of aromatic hydroxyl groups is 1. The zero-order valence-corrected chi connectivity index (χ0v) is 15.1. The summed E-state index contributed by atoms with van der Waals surface area (Å²) in [6.45, 7) is 4.01. The fourth-order valence-corrected chi connectivity index (χ4v) is 3.14. The van der Waals surface area contributed by atoms with Gasteiger partial charge in [0, 0.05) is 12.8 Å². The summed E-state index contributed by atoms with van der Waals surface area (Å²) in [5, 5.41) is 22.4. The number of carbonyl (C=O) groups is 1. The topological polar surface area (TPSA) is 95.2 Å². The summed E-state index contributed by atoms with van der Waals surface area (Å²) in [5.41, 5.74) is 3.21. The molecule has 0 aliphatic heterocycles. The van der Waals surface area contributed by atoms with Crippen LogP contribution in [0.4, 0.5) is 5.69 Å². The number of nitrogens with one attached hydrogen (secondary N) is 1. The minimum Gasteiger partial charge on any atom is -0.506 e. The number of benzene rings is 1. The lowest BCUT2D eigenvalue weighted by molar-refractivity contribution is -0.113. The molecule has 0 bridgehead atoms. The van der Waals surface area contributed by atoms with Gasteiger partial charge >= 0.3 is 0 Å². The Bertz CT molecular complexity index is 831. The second-order valence-corrected chi connectivity index (χ2v) is 6.47. The lowest BCUT2D eigenvalue weighted by Crippen LogP contribution is -2.14. The van der Waals surface area contributed by atoms with Crippen LogP contribution in [0.15, 0.2) is 29.3 Å². The lowest BCUT2D eigenvalue weighted by Gasteiger charge is -2.11. The molecule has 2 rings (SSSR count). The molecule has 7 heteroatoms. The highest BCUT2D eigenvalue weighted by Gasteiger charge is 2.14. The number of aryl methyl sites for hydroxylation is 2. The minimum absolute atomic E-state index is 0.0118. The highest BCUT2D eigenvalue weighted by molar-refractivity contribution is 8.00. The lowest BCUT2D eigenvalue weighted by atomic mass is 10.1. The number of anilines is 1. The largest absolute Gasteiger partial charge is 0.506 e. The molecule has 0 saturated carbocycles. The smallest absolute Gasteiger partial charge is 0.234 e. The summed E-state index contributed by atoms with van der Waals surface area (Å²) in [7, 11) is 1.56. The number of hydrogen-bond donors (Lipinski definition) is 2. The minimum atomic E-state index is -0.286. The number of methoxy groups -OCH3 is 1. The molecule has 0 aliphatic carbocycles. The number of nitrogens with zero attached hydrogens (tertiary/aromatic N) is 2. The molecule has 1 aromatic carbocycles. The van der Waals surface area contributed by atoms with Gasteiger partial charge in [-0.2, -0.15) is 5.26 Å². The summed E-state index contributed by atoms with van der Waals surface area (Å²) < 4.78 is 5.11. The maximum atomic E-state index is 12.2. The van der Waals surface area contributed by atoms with Crippen LogP contribution in [0.5, 0.6) is 5.75 Å². The van der Waals surface area contributed by atoms with Crippen molar-refractivity contribution in [1.29, 1.82) is 5.26 Å². The summed E-state index contributed by atoms with van der Waals surface area (Å²) in [6, 6.07) is 8.92. The molecule has 0 spiro atoms. The number of rotatable bonds is 6. The number of aromatic nitrogens is 1. The monoisotopic (exact) mass is 357 g/mol. The number of ether oxygens (including phenoxy) is 1. The second kappa shape index (κ2) is 8.51. The highest BCUT2D eigenvalue weighted by atomic mass is 32.2. The Hall–Kier alpha value is -2.56. The molecule has 0 fully saturated rings. The van der Waals surface area contributed by atoms with E-state index in [4.69, 9.17) is 4.74 Å². The summed E-state index contributed by atoms with van der Waals surface area (Å²) >= 11 is 1.18. The third-order valence-corrected chi connectivity index (χ3v) is 4.35. The Kier molecular flexibility index (Phi) is 6.39. The average Bonchev–Trinajstić information content (AvgIpc) is 2.56. The van der Waals surface area contributed by atoms with E-state index in [1.165, 1.54) is 17.8 Å². The number of nitriles is 1. The SMILES string of the molecule is COCc1cc(C)nc(SCC(=O)Nc2cc(C)ccc2O)c1C#N. The Morgan fingerprint density at radius 1 is 1.40 bits per heavy atom. The molecule has 25 heavy (non-hydrogen) atoms. The predicted octanol–water partition coefficient (Wildman–Crippen LogP) is 3.15. The molecule has 1 amide bonds. The van der Waals surface area contributed by atoms with E-state index in [9.17, 15) is 15.2 Å². The van der Waals surface area contributed by atoms with Gasteiger partial charge < -0.3 is 15.2 Å². The average molecular weight is 357 g/mol. The number of pyridine rings is 1. The van der Waals surface area contributed by atoms with Gasteiger partial charge in [-0.25, -0.2) is 4.98 Å². The fraction of sp³-hybridized carbons (Fsp3) is 0.278. The van der Waals surface area contributed by atoms with E-state index < -0.39 is 0 Å². The van der Waals surface area contributed by atoms with Crippen LogP contribution < -0.4 is 5.32 Å². The molecule has 6 nitrogen and oxygen atoms in total. The van der Waals surface area contributed by atoms with Crippen LogP contribution in [0.25, 0.3) is 0 Å². The number of thioether (sulfide) groups is 1. The van der Waals surface area contributed by atoms with E-state index in [-0.39, 0.29) is 17.4 Å². The molecule has 1 heterocycles. The van der Waals surface area contributed by atoms with Crippen molar-refractivity contribution in [2.24, 2.45) is 0 Å². The van der Waals surface area contributed by atoms with E-state index in [1.807, 2.05) is 13.8 Å². The van der Waals surface area contributed by atoms with Crippen LogP contribution in [0, 0.1) is 25.2 Å². The van der Waals surface area contributed by atoms with Crippen molar-refractivity contribution in [3.63, 3.8) is 0 Å². The predicted molar refractivity (Wildman–Crippen MR) is 96.6 cm³/mol. The van der Waals surface area contributed by atoms with E-state index >= 15 is 0 Å². The molecular formula is C18H19N3O3S. The first-order valence-electron chi connectivity index (χ1n) is 7.56. The highest BCUT2D eigenvalue weighted by Crippen LogP contribution is 2.26. The van der Waals surface area contributed by atoms with E-state index in [0.717, 1.165) is 16.8 Å². The molecule has 0 unspecified atom stereocenters. The quantitative estimate of drug-likeness (QED) is 0.609. The Morgan fingerprint density at radius 2 is 2.16 bits per heavy atom. The van der Waals surface area contributed by atoms with Crippen molar-refractivity contribution in [1.82, 2.24) is 4.98 Å². The van der Waals surface area contributed by atoms with Crippen molar-refractivity contribution in [2.45, 2.75) is 25.5 Å². The van der Waals surface area contributed by atoms with Crippen molar-refractivity contribution in [3.05, 3.63) is 46.6 Å². The van der Waals surface area contributed by atoms with Crippen LogP contribution in [-0.2, 0) is 16.1 Å². The number of amides is 1. The first-order chi connectivity index (χ1) is 11.9. The molecular weight excluding hydrogens is 338 g/mol. The molecule has 0 radical (unpaired) electrons. The zero-order chi connectivity index (χ0) is 18.4. The maximum absolute atomic E-state index is 12.2. The molecule has 0 atom stereocenters. The summed E-state index contributed by atoms with van der Waals surface area (Å²) in [6.07, 6.45) is 0. The standard InChI is InChI=1S/C18H19N3O3S/c1-11-4-5-16(22)15(6-11)21-17(23)10-25-18-14(8-19)13(9-24-3)7-12(2)20-18/h4-7,22H,9-10H2,1-3H3,(H,21,23). The maximum Gasteiger partial charge on any atom is 0.234 e. The molecule has 0 aliphatic rings. The Labute approximate surface area is 150 Å². The zero-order valence-electron chi connectivity index (χ0n) is 14.3. The normalized spacial score (nSPS) is 10.3. The van der Waals surface area contributed by atoms with Gasteiger partial charge in [0.25, 0.3) is 0 Å². The van der Waals surface area contributed by atoms with Crippen molar-refractivity contribution in [3.8, 4) is 11.8 Å². The van der Waals surface area contributed by atoms with E-state index in [0.29, 0.717) is 22.9 Å². The van der Waals surface area contributed by atoms with Gasteiger partial charge in [-0.3, -0.25) is 4.79 Å². The van der Waals surface area contributed by atoms with Gasteiger partial charge in [0.1, 0.15) is 16.8 Å². The Morgan fingerprint density at radius 3 is 2.84 bits per heavy atom. The van der Waals surface area contributed by atoms with Crippen molar-refractivity contribution >= 4 is 23.4 Å². The molecule has 0 saturated heterocycles. The molecule has 2 aromatic rings. The fourth-order valence-electron chi connectivity index (χ4n) is 2.27. The van der Waals surface area contributed by atoms with Gasteiger partial charge in [0.2, 0.25) is 5.91 Å². The van der Waals surface area contributed by atoms with Crippen molar-refractivity contribution in [2.75, 3.05) is 18.2 Å². The third kappa shape index (κ3) is 4.95. The van der Waals surface area contributed by atoms with Crippen molar-refractivity contribution < 1.29 is 14.6 Å². The number of phenols is 1. The van der Waals surface area contributed by atoms with E-state index in [2.05, 4.69) is 16.4 Å². The summed E-state index contributed by atoms with van der Waals surface area (Å²) in [4.78, 5) is 16.5. The summed E-state index contributed by atoms with van der Waals surface area (Å²) in [5.74, 6) is -0.200. The van der Waals surface area contributed by atoms with E-state index in [1.54, 1.807) is 25.3 Å². The number of carbonyl (C=O) groups excluding carboxylic acids is 1. The van der Waals surface area contributed by atoms with Gasteiger partial charge in [0.05, 0.1) is 23.6 Å². The van der Waals surface area contributed by atoms with Crippen LogP contribution in [0.2, 0.25) is 0 Å². The third-order valence-electron chi connectivity index (χ3n) is 3.37. The first-order valence-corrected chi connectivity index (χ1v) is 8.55. The molecule has 130 valence electrons. The van der Waals surface area contributed by atoms with Crippen LogP contribution in [0.3, 0.4) is 0 Å². The van der Waals surface area contributed by atoms with Gasteiger partial charge in [0.15, 0.2) is 0 Å². The van der Waals surface area contributed by atoms with Crippen LogP contribution in [-0.4, -0.2) is 28.9 Å².